The van der Waals surface area contributed by atoms with Crippen LogP contribution >= 0.6 is 0 Å². The van der Waals surface area contributed by atoms with E-state index in [1.54, 1.807) is 32.0 Å². The summed E-state index contributed by atoms with van der Waals surface area (Å²) in [5.74, 6) is -0.121. The highest BCUT2D eigenvalue weighted by Crippen LogP contribution is 2.27. The van der Waals surface area contributed by atoms with E-state index in [0.29, 0.717) is 11.3 Å². The van der Waals surface area contributed by atoms with Crippen molar-refractivity contribution in [1.29, 1.82) is 0 Å². The van der Waals surface area contributed by atoms with Gasteiger partial charge >= 0.3 is 0 Å². The number of rotatable bonds is 3. The summed E-state index contributed by atoms with van der Waals surface area (Å²) < 4.78 is 27.1. The van der Waals surface area contributed by atoms with Crippen LogP contribution in [0, 0.1) is 5.92 Å². The third-order valence-corrected chi connectivity index (χ3v) is 4.06. The molecule has 1 aromatic rings. The summed E-state index contributed by atoms with van der Waals surface area (Å²) in [7, 11) is -3.59. The Bertz CT molecular complexity index is 600. The predicted octanol–water partition coefficient (Wildman–Crippen LogP) is 1.79. The van der Waals surface area contributed by atoms with Gasteiger partial charge in [-0.1, -0.05) is 32.0 Å². The van der Waals surface area contributed by atoms with Crippen molar-refractivity contribution in [2.24, 2.45) is 10.3 Å². The topological polar surface area (TPSA) is 63.6 Å². The second-order valence-corrected chi connectivity index (χ2v) is 5.88. The minimum atomic E-state index is -3.59. The van der Waals surface area contributed by atoms with E-state index in [4.69, 9.17) is 0 Å². The molecule has 0 saturated heterocycles. The van der Waals surface area contributed by atoms with Crippen LogP contribution in [0.4, 0.5) is 0 Å². The lowest BCUT2D eigenvalue weighted by Gasteiger charge is -2.03. The molecular weight excluding hydrogens is 238 g/mol. The Labute approximate surface area is 100 Å². The monoisotopic (exact) mass is 251 g/mol. The van der Waals surface area contributed by atoms with E-state index in [-0.39, 0.29) is 23.0 Å². The Morgan fingerprint density at radius 2 is 1.94 bits per heavy atom. The third kappa shape index (κ3) is 2.15. The number of fused-ring (bicyclic) bond motifs is 1. The molecule has 1 aromatic carbocycles. The molecule has 1 aliphatic heterocycles. The van der Waals surface area contributed by atoms with E-state index in [2.05, 4.69) is 4.40 Å². The zero-order valence-electron chi connectivity index (χ0n) is 9.67. The molecular formula is C12H13NO3S. The maximum Gasteiger partial charge on any atom is 0.283 e. The number of carbonyl (C=O) groups excluding carboxylic acids is 1. The van der Waals surface area contributed by atoms with Crippen molar-refractivity contribution >= 4 is 21.5 Å². The highest BCUT2D eigenvalue weighted by atomic mass is 32.2. The van der Waals surface area contributed by atoms with Gasteiger partial charge in [0.15, 0.2) is 0 Å². The molecule has 1 heterocycles. The molecule has 5 heteroatoms. The molecule has 0 aliphatic carbocycles. The Hall–Kier alpha value is -1.49. The van der Waals surface area contributed by atoms with Crippen molar-refractivity contribution in [3.63, 3.8) is 0 Å². The van der Waals surface area contributed by atoms with Gasteiger partial charge in [-0.05, 0) is 6.07 Å². The molecule has 0 amide bonds. The van der Waals surface area contributed by atoms with Crippen molar-refractivity contribution in [1.82, 2.24) is 0 Å². The zero-order chi connectivity index (χ0) is 12.6. The van der Waals surface area contributed by atoms with E-state index < -0.39 is 10.0 Å². The van der Waals surface area contributed by atoms with Crippen molar-refractivity contribution in [3.8, 4) is 0 Å². The number of hydrogen-bond donors (Lipinski definition) is 0. The molecule has 0 bridgehead atoms. The van der Waals surface area contributed by atoms with Crippen molar-refractivity contribution in [3.05, 3.63) is 29.8 Å². The van der Waals surface area contributed by atoms with Crippen molar-refractivity contribution < 1.29 is 13.2 Å². The van der Waals surface area contributed by atoms with Crippen LogP contribution < -0.4 is 0 Å². The van der Waals surface area contributed by atoms with Crippen LogP contribution in [0.1, 0.15) is 25.8 Å². The second kappa shape index (κ2) is 4.07. The molecule has 0 atom stereocenters. The van der Waals surface area contributed by atoms with Crippen LogP contribution in [-0.4, -0.2) is 19.9 Å². The van der Waals surface area contributed by atoms with Crippen molar-refractivity contribution in [2.45, 2.75) is 25.2 Å². The molecule has 0 unspecified atom stereocenters. The van der Waals surface area contributed by atoms with Gasteiger partial charge in [-0.15, -0.1) is 0 Å². The van der Waals surface area contributed by atoms with Gasteiger partial charge in [-0.2, -0.15) is 12.8 Å². The first-order valence-corrected chi connectivity index (χ1v) is 6.82. The average molecular weight is 251 g/mol. The fourth-order valence-corrected chi connectivity index (χ4v) is 2.94. The number of benzene rings is 1. The second-order valence-electron chi connectivity index (χ2n) is 4.31. The van der Waals surface area contributed by atoms with E-state index in [1.807, 2.05) is 0 Å². The molecule has 2 rings (SSSR count). The van der Waals surface area contributed by atoms with Crippen LogP contribution in [0.3, 0.4) is 0 Å². The number of hydrogen-bond acceptors (Lipinski definition) is 3. The van der Waals surface area contributed by atoms with E-state index in [9.17, 15) is 13.2 Å². The van der Waals surface area contributed by atoms with Crippen LogP contribution in [0.2, 0.25) is 0 Å². The minimum absolute atomic E-state index is 0.00402. The number of nitrogens with zero attached hydrogens (tertiary/aromatic N) is 1. The molecule has 0 fully saturated rings. The lowest BCUT2D eigenvalue weighted by Crippen LogP contribution is -2.13. The van der Waals surface area contributed by atoms with Crippen LogP contribution in [0.15, 0.2) is 33.6 Å². The van der Waals surface area contributed by atoms with Gasteiger partial charge in [-0.3, -0.25) is 4.79 Å². The molecule has 90 valence electrons. The average Bonchev–Trinajstić information content (AvgIpc) is 2.51. The lowest BCUT2D eigenvalue weighted by atomic mass is 9.99. The molecule has 17 heavy (non-hydrogen) atoms. The van der Waals surface area contributed by atoms with E-state index in [0.717, 1.165) is 0 Å². The normalized spacial score (nSPS) is 16.8. The first kappa shape index (κ1) is 12.0. The van der Waals surface area contributed by atoms with Gasteiger partial charge in [0, 0.05) is 11.5 Å². The Morgan fingerprint density at radius 1 is 1.29 bits per heavy atom. The van der Waals surface area contributed by atoms with E-state index in [1.165, 1.54) is 6.07 Å². The summed E-state index contributed by atoms with van der Waals surface area (Å²) in [6.07, 6.45) is 0.0773. The fraction of sp³-hybridized carbons (Fsp3) is 0.333. The molecule has 0 radical (unpaired) electrons. The summed E-state index contributed by atoms with van der Waals surface area (Å²) in [5, 5.41) is 0. The highest BCUT2D eigenvalue weighted by Gasteiger charge is 2.29. The first-order chi connectivity index (χ1) is 7.92. The summed E-state index contributed by atoms with van der Waals surface area (Å²) in [5.41, 5.74) is 0.917. The number of carbonyl (C=O) groups is 1. The quantitative estimate of drug-likeness (QED) is 0.822. The third-order valence-electron chi connectivity index (χ3n) is 2.69. The molecule has 0 N–H and O–H groups in total. The summed E-state index contributed by atoms with van der Waals surface area (Å²) in [6, 6.07) is 6.60. The van der Waals surface area contributed by atoms with Crippen LogP contribution in [0.5, 0.6) is 0 Å². The standard InChI is InChI=1S/C12H13NO3S/c1-8(2)11(14)7-10-9-5-3-4-6-12(9)17(15,16)13-10/h3-6,8H,7H2,1-2H3. The van der Waals surface area contributed by atoms with Gasteiger partial charge in [0.1, 0.15) is 5.78 Å². The fourth-order valence-electron chi connectivity index (χ4n) is 1.67. The summed E-state index contributed by atoms with van der Waals surface area (Å²) >= 11 is 0. The molecule has 4 nitrogen and oxygen atoms in total. The zero-order valence-corrected chi connectivity index (χ0v) is 10.5. The van der Waals surface area contributed by atoms with Gasteiger partial charge in [0.25, 0.3) is 10.0 Å². The maximum atomic E-state index is 11.7. The molecule has 1 aliphatic rings. The van der Waals surface area contributed by atoms with E-state index >= 15 is 0 Å². The van der Waals surface area contributed by atoms with Gasteiger partial charge in [0.2, 0.25) is 0 Å². The minimum Gasteiger partial charge on any atom is -0.299 e. The highest BCUT2D eigenvalue weighted by molar-refractivity contribution is 7.90. The Balaban J connectivity index is 2.42. The number of ketones is 1. The largest absolute Gasteiger partial charge is 0.299 e. The van der Waals surface area contributed by atoms with Crippen LogP contribution in [-0.2, 0) is 14.8 Å². The molecule has 0 saturated carbocycles. The first-order valence-electron chi connectivity index (χ1n) is 5.38. The van der Waals surface area contributed by atoms with Gasteiger partial charge in [-0.25, -0.2) is 0 Å². The number of Topliss-reactive ketones (excluding diaryl/α,β-unsaturated/α-hetero) is 1. The number of sulfonamides is 1. The smallest absolute Gasteiger partial charge is 0.283 e. The predicted molar refractivity (Wildman–Crippen MR) is 64.6 cm³/mol. The molecule has 0 spiro atoms. The Kier molecular flexibility index (Phi) is 2.87. The molecule has 0 aromatic heterocycles. The maximum absolute atomic E-state index is 11.7. The summed E-state index contributed by atoms with van der Waals surface area (Å²) in [6.45, 7) is 3.58. The lowest BCUT2D eigenvalue weighted by molar-refractivity contribution is -0.120. The Morgan fingerprint density at radius 3 is 2.59 bits per heavy atom. The van der Waals surface area contributed by atoms with Crippen LogP contribution in [0.25, 0.3) is 0 Å². The van der Waals surface area contributed by atoms with Gasteiger partial charge < -0.3 is 0 Å². The summed E-state index contributed by atoms with van der Waals surface area (Å²) in [4.78, 5) is 11.8. The van der Waals surface area contributed by atoms with Crippen molar-refractivity contribution in [2.75, 3.05) is 0 Å². The SMILES string of the molecule is CC(C)C(=O)CC1=NS(=O)(=O)c2ccccc21. The van der Waals surface area contributed by atoms with Gasteiger partial charge in [0.05, 0.1) is 17.0 Å².